The summed E-state index contributed by atoms with van der Waals surface area (Å²) in [7, 11) is 3.82. The molecule has 2 fully saturated rings. The average molecular weight is 505 g/mol. The molecule has 2 aromatic rings. The normalized spacial score (nSPS) is 25.8. The average Bonchev–Trinajstić information content (AvgIpc) is 2.92. The van der Waals surface area contributed by atoms with Crippen molar-refractivity contribution in [2.75, 3.05) is 33.8 Å². The molecule has 0 spiro atoms. The Morgan fingerprint density at radius 1 is 1.16 bits per heavy atom. The Balaban J connectivity index is 1.44. The number of fused-ring (bicyclic) bond motifs is 1. The summed E-state index contributed by atoms with van der Waals surface area (Å²) in [4.78, 5) is 17.7. The summed E-state index contributed by atoms with van der Waals surface area (Å²) >= 11 is 0. The number of ether oxygens (including phenoxy) is 1. The quantitative estimate of drug-likeness (QED) is 0.314. The maximum absolute atomic E-state index is 13.3. The smallest absolute Gasteiger partial charge is 0.222 e. The number of phenols is 1. The van der Waals surface area contributed by atoms with Gasteiger partial charge in [0.1, 0.15) is 5.75 Å². The summed E-state index contributed by atoms with van der Waals surface area (Å²) in [6.45, 7) is 6.55. The predicted octanol–water partition coefficient (Wildman–Crippen LogP) is 5.72. The Labute approximate surface area is 223 Å². The molecule has 1 saturated carbocycles. The fraction of sp³-hybridized carbons (Fsp3) is 0.531. The number of nitrogens with zero attached hydrogens (tertiary/aromatic N) is 2. The van der Waals surface area contributed by atoms with Crippen LogP contribution in [0.2, 0.25) is 0 Å². The van der Waals surface area contributed by atoms with Gasteiger partial charge in [-0.05, 0) is 74.8 Å². The molecule has 0 aromatic heterocycles. The molecule has 4 rings (SSSR count). The first-order valence-corrected chi connectivity index (χ1v) is 13.9. The summed E-state index contributed by atoms with van der Waals surface area (Å²) < 4.78 is 6.41. The van der Waals surface area contributed by atoms with Crippen LogP contribution in [0.15, 0.2) is 67.3 Å². The monoisotopic (exact) mass is 504 g/mol. The number of aryl methyl sites for hydroxylation is 1. The van der Waals surface area contributed by atoms with Gasteiger partial charge >= 0.3 is 0 Å². The van der Waals surface area contributed by atoms with E-state index < -0.39 is 0 Å². The summed E-state index contributed by atoms with van der Waals surface area (Å²) in [5, 5.41) is 10.4. The third-order valence-electron chi connectivity index (χ3n) is 8.99. The van der Waals surface area contributed by atoms with E-state index in [9.17, 15) is 9.90 Å². The molecule has 2 aliphatic rings. The molecule has 200 valence electrons. The first-order valence-electron chi connectivity index (χ1n) is 13.9. The van der Waals surface area contributed by atoms with Crippen LogP contribution in [-0.2, 0) is 21.4 Å². The van der Waals surface area contributed by atoms with Crippen LogP contribution in [0.5, 0.6) is 5.75 Å². The van der Waals surface area contributed by atoms with E-state index in [2.05, 4.69) is 47.9 Å². The van der Waals surface area contributed by atoms with Crippen LogP contribution in [0, 0.1) is 0 Å². The van der Waals surface area contributed by atoms with Gasteiger partial charge in [-0.15, -0.1) is 6.58 Å². The van der Waals surface area contributed by atoms with Crippen molar-refractivity contribution in [3.8, 4) is 5.75 Å². The summed E-state index contributed by atoms with van der Waals surface area (Å²) in [5.41, 5.74) is 1.87. The molecule has 1 amide bonds. The number of benzene rings is 2. The van der Waals surface area contributed by atoms with Gasteiger partial charge in [0, 0.05) is 45.1 Å². The topological polar surface area (TPSA) is 53.0 Å². The van der Waals surface area contributed by atoms with E-state index in [1.165, 1.54) is 5.56 Å². The van der Waals surface area contributed by atoms with Crippen LogP contribution in [0.3, 0.4) is 0 Å². The number of piperidine rings is 1. The number of hydrogen-bond donors (Lipinski definition) is 1. The van der Waals surface area contributed by atoms with E-state index in [1.807, 2.05) is 37.3 Å². The highest BCUT2D eigenvalue weighted by Gasteiger charge is 2.59. The molecule has 0 radical (unpaired) electrons. The SMILES string of the molecule is C=CCN1CCC2(c3cccc(O)c3)CC(N(C)C(=O)CCCCCc3ccccc3)CCC2(OC)C1. The van der Waals surface area contributed by atoms with Crippen LogP contribution in [0.25, 0.3) is 0 Å². The molecule has 1 saturated heterocycles. The van der Waals surface area contributed by atoms with E-state index in [-0.39, 0.29) is 28.7 Å². The summed E-state index contributed by atoms with van der Waals surface area (Å²) in [6.07, 6.45) is 10.3. The maximum Gasteiger partial charge on any atom is 0.222 e. The largest absolute Gasteiger partial charge is 0.508 e. The Bertz CT molecular complexity index is 1040. The third-order valence-corrected chi connectivity index (χ3v) is 8.99. The van der Waals surface area contributed by atoms with Gasteiger partial charge in [0.05, 0.1) is 5.60 Å². The number of aromatic hydroxyl groups is 1. The van der Waals surface area contributed by atoms with Crippen molar-refractivity contribution in [1.82, 2.24) is 9.80 Å². The fourth-order valence-electron chi connectivity index (χ4n) is 6.85. The van der Waals surface area contributed by atoms with Crippen molar-refractivity contribution in [2.45, 2.75) is 74.8 Å². The molecular weight excluding hydrogens is 460 g/mol. The lowest BCUT2D eigenvalue weighted by atomic mass is 9.55. The number of rotatable bonds is 11. The van der Waals surface area contributed by atoms with Crippen molar-refractivity contribution in [3.05, 3.63) is 78.4 Å². The second kappa shape index (κ2) is 12.3. The maximum atomic E-state index is 13.3. The minimum Gasteiger partial charge on any atom is -0.508 e. The van der Waals surface area contributed by atoms with Gasteiger partial charge in [-0.25, -0.2) is 0 Å². The molecule has 1 N–H and O–H groups in total. The van der Waals surface area contributed by atoms with Gasteiger partial charge in [-0.1, -0.05) is 55.0 Å². The molecule has 1 heterocycles. The number of carbonyl (C=O) groups is 1. The number of phenolic OH excluding ortho intramolecular Hbond substituents is 1. The molecule has 37 heavy (non-hydrogen) atoms. The molecule has 0 bridgehead atoms. The summed E-state index contributed by atoms with van der Waals surface area (Å²) in [5.74, 6) is 0.525. The zero-order chi connectivity index (χ0) is 26.3. The standard InChI is InChI=1S/C32H44N2O3/c1-4-21-34-22-20-31(27-15-11-16-29(35)23-27)24-28(18-19-32(31,25-34)37-3)33(2)30(36)17-10-6-9-14-26-12-7-5-8-13-26/h4-5,7-8,11-13,15-16,23,28,35H,1,6,9-10,14,17-22,24-25H2,2-3H3. The fourth-order valence-corrected chi connectivity index (χ4v) is 6.85. The van der Waals surface area contributed by atoms with Crippen molar-refractivity contribution >= 4 is 5.91 Å². The number of methoxy groups -OCH3 is 1. The second-order valence-electron chi connectivity index (χ2n) is 11.1. The van der Waals surface area contributed by atoms with Gasteiger partial charge in [-0.3, -0.25) is 9.69 Å². The van der Waals surface area contributed by atoms with E-state index in [4.69, 9.17) is 4.74 Å². The number of amides is 1. The van der Waals surface area contributed by atoms with E-state index >= 15 is 0 Å². The van der Waals surface area contributed by atoms with Gasteiger partial charge in [-0.2, -0.15) is 0 Å². The van der Waals surface area contributed by atoms with Crippen molar-refractivity contribution in [2.24, 2.45) is 0 Å². The molecule has 3 unspecified atom stereocenters. The molecule has 5 nitrogen and oxygen atoms in total. The third kappa shape index (κ3) is 5.94. The number of unbranched alkanes of at least 4 members (excludes halogenated alkanes) is 2. The van der Waals surface area contributed by atoms with Crippen LogP contribution < -0.4 is 0 Å². The Morgan fingerprint density at radius 2 is 1.97 bits per heavy atom. The van der Waals surface area contributed by atoms with Crippen LogP contribution in [0.4, 0.5) is 0 Å². The van der Waals surface area contributed by atoms with Gasteiger partial charge in [0.15, 0.2) is 0 Å². The van der Waals surface area contributed by atoms with Crippen molar-refractivity contribution in [1.29, 1.82) is 0 Å². The lowest BCUT2D eigenvalue weighted by Gasteiger charge is -2.60. The predicted molar refractivity (Wildman–Crippen MR) is 150 cm³/mol. The lowest BCUT2D eigenvalue weighted by molar-refractivity contribution is -0.159. The van der Waals surface area contributed by atoms with Gasteiger partial charge in [0.25, 0.3) is 0 Å². The Hall–Kier alpha value is -2.63. The highest BCUT2D eigenvalue weighted by Crippen LogP contribution is 2.54. The molecule has 2 aromatic carbocycles. The zero-order valence-corrected chi connectivity index (χ0v) is 22.7. The van der Waals surface area contributed by atoms with Crippen LogP contribution in [0.1, 0.15) is 62.5 Å². The zero-order valence-electron chi connectivity index (χ0n) is 22.7. The first kappa shape index (κ1) is 27.4. The minimum atomic E-state index is -0.361. The van der Waals surface area contributed by atoms with Crippen molar-refractivity contribution < 1.29 is 14.6 Å². The molecule has 5 heteroatoms. The first-order chi connectivity index (χ1) is 17.9. The molecule has 1 aliphatic carbocycles. The number of hydrogen-bond acceptors (Lipinski definition) is 4. The Kier molecular flexibility index (Phi) is 9.09. The highest BCUT2D eigenvalue weighted by molar-refractivity contribution is 5.76. The molecule has 3 atom stereocenters. The van der Waals surface area contributed by atoms with Gasteiger partial charge < -0.3 is 14.7 Å². The van der Waals surface area contributed by atoms with E-state index in [0.29, 0.717) is 6.42 Å². The minimum absolute atomic E-state index is 0.161. The van der Waals surface area contributed by atoms with E-state index in [1.54, 1.807) is 6.07 Å². The number of likely N-dealkylation sites (tertiary alicyclic amines) is 1. The molecular formula is C32H44N2O3. The van der Waals surface area contributed by atoms with E-state index in [0.717, 1.165) is 76.6 Å². The second-order valence-corrected chi connectivity index (χ2v) is 11.1. The summed E-state index contributed by atoms with van der Waals surface area (Å²) in [6, 6.07) is 18.4. The van der Waals surface area contributed by atoms with Crippen LogP contribution in [-0.4, -0.2) is 66.2 Å². The van der Waals surface area contributed by atoms with Gasteiger partial charge in [0.2, 0.25) is 5.91 Å². The van der Waals surface area contributed by atoms with Crippen molar-refractivity contribution in [3.63, 3.8) is 0 Å². The van der Waals surface area contributed by atoms with Crippen LogP contribution >= 0.6 is 0 Å². The lowest BCUT2D eigenvalue weighted by Crippen LogP contribution is -2.68. The number of carbonyl (C=O) groups excluding carboxylic acids is 1. The Morgan fingerprint density at radius 3 is 2.70 bits per heavy atom. The molecule has 1 aliphatic heterocycles. The highest BCUT2D eigenvalue weighted by atomic mass is 16.5.